The first-order chi connectivity index (χ1) is 8.42. The third-order valence-electron chi connectivity index (χ3n) is 2.98. The van der Waals surface area contributed by atoms with Crippen LogP contribution in [0.3, 0.4) is 0 Å². The Hall–Kier alpha value is -0.980. The van der Waals surface area contributed by atoms with Crippen molar-refractivity contribution in [3.05, 3.63) is 29.1 Å². The van der Waals surface area contributed by atoms with E-state index in [0.717, 1.165) is 12.8 Å². The molecule has 1 aromatic carbocycles. The fourth-order valence-electron chi connectivity index (χ4n) is 1.46. The molecule has 100 valence electrons. The van der Waals surface area contributed by atoms with Gasteiger partial charge < -0.3 is 4.74 Å². The lowest BCUT2D eigenvalue weighted by Crippen LogP contribution is -2.17. The van der Waals surface area contributed by atoms with Crippen LogP contribution >= 0.6 is 12.6 Å². The number of benzene rings is 1. The number of hydrogen-bond donors (Lipinski definition) is 1. The first-order valence-electron chi connectivity index (χ1n) is 5.17. The fourth-order valence-corrected chi connectivity index (χ4v) is 1.87. The van der Waals surface area contributed by atoms with Crippen LogP contribution in [-0.2, 0) is 0 Å². The predicted octanol–water partition coefficient (Wildman–Crippen LogP) is 3.47. The minimum absolute atomic E-state index is 0.116. The van der Waals surface area contributed by atoms with E-state index in [0.29, 0.717) is 5.75 Å². The van der Waals surface area contributed by atoms with Crippen LogP contribution < -0.4 is 4.74 Å². The molecular weight excluding hydrogens is 275 g/mol. The van der Waals surface area contributed by atoms with E-state index in [4.69, 9.17) is 4.74 Å². The highest BCUT2D eigenvalue weighted by molar-refractivity contribution is 7.80. The summed E-state index contributed by atoms with van der Waals surface area (Å²) in [5.74, 6) is -10.9. The minimum atomic E-state index is -2.19. The molecule has 1 aliphatic rings. The van der Waals surface area contributed by atoms with Gasteiger partial charge in [0.05, 0.1) is 6.61 Å². The van der Waals surface area contributed by atoms with Gasteiger partial charge >= 0.3 is 0 Å². The van der Waals surface area contributed by atoms with Crippen LogP contribution in [0.1, 0.15) is 12.8 Å². The van der Waals surface area contributed by atoms with Gasteiger partial charge in [-0.15, -0.1) is 0 Å². The summed E-state index contributed by atoms with van der Waals surface area (Å²) in [4.78, 5) is 0. The second-order valence-corrected chi connectivity index (χ2v) is 4.66. The SMILES string of the molecule is Fc1c(F)c(F)c(OCC2(CS)CC2)c(F)c1F. The minimum Gasteiger partial charge on any atom is -0.487 e. The van der Waals surface area contributed by atoms with Crippen LogP contribution in [0.5, 0.6) is 5.75 Å². The molecule has 0 aliphatic heterocycles. The van der Waals surface area contributed by atoms with Crippen molar-refractivity contribution in [2.24, 2.45) is 5.41 Å². The number of rotatable bonds is 4. The highest BCUT2D eigenvalue weighted by atomic mass is 32.1. The van der Waals surface area contributed by atoms with Crippen molar-refractivity contribution < 1.29 is 26.7 Å². The van der Waals surface area contributed by atoms with Crippen LogP contribution in [-0.4, -0.2) is 12.4 Å². The number of thiol groups is 1. The Morgan fingerprint density at radius 3 is 1.72 bits per heavy atom. The molecule has 1 saturated carbocycles. The van der Waals surface area contributed by atoms with Gasteiger partial charge in [-0.05, 0) is 18.6 Å². The summed E-state index contributed by atoms with van der Waals surface area (Å²) < 4.78 is 69.7. The van der Waals surface area contributed by atoms with E-state index in [1.165, 1.54) is 0 Å². The largest absolute Gasteiger partial charge is 0.487 e. The first kappa shape index (κ1) is 13.5. The summed E-state index contributed by atoms with van der Waals surface area (Å²) in [6.45, 7) is -0.116. The van der Waals surface area contributed by atoms with Crippen LogP contribution in [0.25, 0.3) is 0 Å². The van der Waals surface area contributed by atoms with Crippen LogP contribution in [0.4, 0.5) is 22.0 Å². The van der Waals surface area contributed by atoms with Gasteiger partial charge in [-0.25, -0.2) is 13.2 Å². The summed E-state index contributed by atoms with van der Waals surface area (Å²) in [5, 5.41) is 0. The van der Waals surface area contributed by atoms with Gasteiger partial charge in [-0.1, -0.05) is 0 Å². The van der Waals surface area contributed by atoms with Crippen LogP contribution in [0, 0.1) is 34.5 Å². The van der Waals surface area contributed by atoms with Crippen LogP contribution in [0.15, 0.2) is 0 Å². The Balaban J connectivity index is 2.28. The van der Waals surface area contributed by atoms with E-state index >= 15 is 0 Å². The number of halogens is 5. The summed E-state index contributed by atoms with van der Waals surface area (Å²) in [6, 6.07) is 0. The third kappa shape index (κ3) is 2.15. The molecule has 0 amide bonds. The highest BCUT2D eigenvalue weighted by Crippen LogP contribution is 2.47. The standard InChI is InChI=1S/C11H9F5OS/c12-5-6(13)8(15)10(9(16)7(5)14)17-3-11(4-18)1-2-11/h18H,1-4H2. The Morgan fingerprint density at radius 1 is 0.889 bits per heavy atom. The molecule has 1 fully saturated rings. The molecule has 1 aromatic rings. The van der Waals surface area contributed by atoms with Gasteiger partial charge in [0, 0.05) is 5.41 Å². The quantitative estimate of drug-likeness (QED) is 0.385. The monoisotopic (exact) mass is 284 g/mol. The molecule has 1 nitrogen and oxygen atoms in total. The van der Waals surface area contributed by atoms with Crippen molar-refractivity contribution in [2.45, 2.75) is 12.8 Å². The Kier molecular flexibility index (Phi) is 3.44. The lowest BCUT2D eigenvalue weighted by Gasteiger charge is -2.15. The van der Waals surface area contributed by atoms with E-state index in [1.54, 1.807) is 0 Å². The lowest BCUT2D eigenvalue weighted by atomic mass is 10.1. The first-order valence-corrected chi connectivity index (χ1v) is 5.80. The van der Waals surface area contributed by atoms with Gasteiger partial charge in [0.1, 0.15) is 0 Å². The Labute approximate surface area is 105 Å². The zero-order valence-corrected chi connectivity index (χ0v) is 9.97. The van der Waals surface area contributed by atoms with E-state index < -0.39 is 34.8 Å². The lowest BCUT2D eigenvalue weighted by molar-refractivity contribution is 0.218. The van der Waals surface area contributed by atoms with Crippen molar-refractivity contribution in [3.63, 3.8) is 0 Å². The maximum absolute atomic E-state index is 13.2. The van der Waals surface area contributed by atoms with Crippen molar-refractivity contribution in [3.8, 4) is 5.75 Å². The number of hydrogen-bond acceptors (Lipinski definition) is 2. The smallest absolute Gasteiger partial charge is 0.206 e. The van der Waals surface area contributed by atoms with Crippen LogP contribution in [0.2, 0.25) is 0 Å². The van der Waals surface area contributed by atoms with Gasteiger partial charge in [0.2, 0.25) is 29.1 Å². The Bertz CT molecular complexity index is 458. The number of ether oxygens (including phenoxy) is 1. The molecule has 7 heteroatoms. The molecule has 2 rings (SSSR count). The zero-order valence-electron chi connectivity index (χ0n) is 9.07. The van der Waals surface area contributed by atoms with E-state index in [-0.39, 0.29) is 12.0 Å². The molecule has 0 aromatic heterocycles. The Morgan fingerprint density at radius 2 is 1.33 bits per heavy atom. The predicted molar refractivity (Wildman–Crippen MR) is 57.2 cm³/mol. The van der Waals surface area contributed by atoms with E-state index in [9.17, 15) is 22.0 Å². The molecule has 0 N–H and O–H groups in total. The second kappa shape index (κ2) is 4.60. The van der Waals surface area contributed by atoms with Crippen molar-refractivity contribution in [1.29, 1.82) is 0 Å². The van der Waals surface area contributed by atoms with E-state index in [1.807, 2.05) is 0 Å². The normalized spacial score (nSPS) is 16.8. The van der Waals surface area contributed by atoms with E-state index in [2.05, 4.69) is 12.6 Å². The molecule has 1 aliphatic carbocycles. The summed E-state index contributed by atoms with van der Waals surface area (Å²) in [7, 11) is 0. The second-order valence-electron chi connectivity index (χ2n) is 4.35. The molecule has 18 heavy (non-hydrogen) atoms. The topological polar surface area (TPSA) is 9.23 Å². The molecule has 0 radical (unpaired) electrons. The highest BCUT2D eigenvalue weighted by Gasteiger charge is 2.43. The summed E-state index contributed by atoms with van der Waals surface area (Å²) in [6.07, 6.45) is 1.51. The maximum atomic E-state index is 13.2. The molecular formula is C11H9F5OS. The van der Waals surface area contributed by atoms with Crippen molar-refractivity contribution in [2.75, 3.05) is 12.4 Å². The maximum Gasteiger partial charge on any atom is 0.206 e. The van der Waals surface area contributed by atoms with Gasteiger partial charge in [-0.3, -0.25) is 0 Å². The molecule has 0 heterocycles. The molecule has 0 saturated heterocycles. The molecule has 0 atom stereocenters. The van der Waals surface area contributed by atoms with Gasteiger partial charge in [0.25, 0.3) is 0 Å². The zero-order chi connectivity index (χ0) is 13.5. The average molecular weight is 284 g/mol. The molecule has 0 spiro atoms. The third-order valence-corrected chi connectivity index (χ3v) is 3.66. The fraction of sp³-hybridized carbons (Fsp3) is 0.455. The van der Waals surface area contributed by atoms with Crippen molar-refractivity contribution in [1.82, 2.24) is 0 Å². The average Bonchev–Trinajstić information content (AvgIpc) is 3.14. The molecule has 0 unspecified atom stereocenters. The van der Waals surface area contributed by atoms with Crippen molar-refractivity contribution >= 4 is 12.6 Å². The summed E-state index contributed by atoms with van der Waals surface area (Å²) in [5.41, 5.74) is -0.316. The van der Waals surface area contributed by atoms with Gasteiger partial charge in [-0.2, -0.15) is 21.4 Å². The molecule has 0 bridgehead atoms. The van der Waals surface area contributed by atoms with Gasteiger partial charge in [0.15, 0.2) is 5.75 Å². The summed E-state index contributed by atoms with van der Waals surface area (Å²) >= 11 is 4.04.